The molecule has 1 nitrogen and oxygen atoms in total. The molecule has 13 rings (SSSR count). The molecular weight excluding hydrogens is 807 g/mol. The maximum Gasteiger partial charge on any atom is 0.0546 e. The van der Waals surface area contributed by atoms with Gasteiger partial charge in [-0.05, 0) is 140 Å². The van der Waals surface area contributed by atoms with Crippen molar-refractivity contribution in [2.75, 3.05) is 4.90 Å². The van der Waals surface area contributed by atoms with E-state index >= 15 is 0 Å². The first-order valence-corrected chi connectivity index (χ1v) is 23.2. The second-order valence-corrected chi connectivity index (χ2v) is 17.5. The van der Waals surface area contributed by atoms with Crippen molar-refractivity contribution in [3.63, 3.8) is 0 Å². The van der Waals surface area contributed by atoms with Gasteiger partial charge in [-0.25, -0.2) is 0 Å². The van der Waals surface area contributed by atoms with Gasteiger partial charge in [-0.1, -0.05) is 224 Å². The molecule has 0 N–H and O–H groups in total. The van der Waals surface area contributed by atoms with Crippen LogP contribution < -0.4 is 4.90 Å². The number of hydrogen-bond donors (Lipinski definition) is 0. The van der Waals surface area contributed by atoms with Crippen LogP contribution in [-0.2, 0) is 0 Å². The molecule has 0 saturated heterocycles. The third-order valence-corrected chi connectivity index (χ3v) is 13.8. The highest BCUT2D eigenvalue weighted by Crippen LogP contribution is 2.51. The lowest BCUT2D eigenvalue weighted by Gasteiger charge is -2.29. The van der Waals surface area contributed by atoms with Crippen LogP contribution in [0.3, 0.4) is 0 Å². The molecule has 0 atom stereocenters. The van der Waals surface area contributed by atoms with Gasteiger partial charge in [0, 0.05) is 16.8 Å². The van der Waals surface area contributed by atoms with Crippen LogP contribution in [0.2, 0.25) is 0 Å². The van der Waals surface area contributed by atoms with E-state index in [0.717, 1.165) is 17.1 Å². The second-order valence-electron chi connectivity index (χ2n) is 17.5. The molecule has 0 aromatic heterocycles. The molecule has 0 aliphatic heterocycles. The van der Waals surface area contributed by atoms with Gasteiger partial charge in [0.25, 0.3) is 0 Å². The standard InChI is InChI=1S/C66H43N/c1-4-19-45(20-5-1)60-43-61(46-21-6-2-7-22-46)65-58-33-17-15-31-56(58)62-42-51(39-40-59(62)66(65)64(60)48-24-8-3-9-25-48)67(63-41-49-26-11-13-29-54(49)55-30-14-16-32-57(55)63)50-37-35-47(36-38-50)53-34-18-27-44-23-10-12-28-52(44)53/h1-43H. The van der Waals surface area contributed by atoms with E-state index in [0.29, 0.717) is 0 Å². The maximum atomic E-state index is 2.48. The van der Waals surface area contributed by atoms with Crippen LogP contribution in [0.15, 0.2) is 261 Å². The van der Waals surface area contributed by atoms with Gasteiger partial charge < -0.3 is 4.90 Å². The Kier molecular flexibility index (Phi) is 9.25. The van der Waals surface area contributed by atoms with Crippen LogP contribution in [0.4, 0.5) is 17.1 Å². The van der Waals surface area contributed by atoms with Crippen LogP contribution in [0, 0.1) is 0 Å². The van der Waals surface area contributed by atoms with Crippen molar-refractivity contribution in [1.82, 2.24) is 0 Å². The summed E-state index contributed by atoms with van der Waals surface area (Å²) in [6.45, 7) is 0. The van der Waals surface area contributed by atoms with E-state index in [9.17, 15) is 0 Å². The fraction of sp³-hybridized carbons (Fsp3) is 0. The zero-order valence-electron chi connectivity index (χ0n) is 36.8. The van der Waals surface area contributed by atoms with Crippen molar-refractivity contribution in [3.05, 3.63) is 261 Å². The van der Waals surface area contributed by atoms with Crippen molar-refractivity contribution < 1.29 is 0 Å². The number of anilines is 3. The van der Waals surface area contributed by atoms with E-state index in [-0.39, 0.29) is 0 Å². The Hall–Kier alpha value is -8.78. The first kappa shape index (κ1) is 38.7. The molecule has 0 fully saturated rings. The zero-order valence-corrected chi connectivity index (χ0v) is 36.8. The summed E-state index contributed by atoms with van der Waals surface area (Å²) in [5.41, 5.74) is 13.0. The molecule has 13 aromatic carbocycles. The molecule has 1 heteroatoms. The Labute approximate surface area is 390 Å². The molecule has 312 valence electrons. The minimum absolute atomic E-state index is 1.09. The van der Waals surface area contributed by atoms with Crippen molar-refractivity contribution in [2.24, 2.45) is 0 Å². The van der Waals surface area contributed by atoms with E-state index in [4.69, 9.17) is 0 Å². The number of hydrogen-bond acceptors (Lipinski definition) is 1. The fourth-order valence-corrected chi connectivity index (χ4v) is 10.8. The summed E-state index contributed by atoms with van der Waals surface area (Å²) in [4.78, 5) is 2.48. The molecule has 67 heavy (non-hydrogen) atoms. The number of nitrogens with zero attached hydrogens (tertiary/aromatic N) is 1. The first-order valence-electron chi connectivity index (χ1n) is 23.2. The molecule has 0 bridgehead atoms. The number of rotatable bonds is 7. The minimum Gasteiger partial charge on any atom is -0.310 e. The molecule has 0 radical (unpaired) electrons. The summed E-state index contributed by atoms with van der Waals surface area (Å²) >= 11 is 0. The lowest BCUT2D eigenvalue weighted by molar-refractivity contribution is 1.31. The van der Waals surface area contributed by atoms with Gasteiger partial charge in [-0.3, -0.25) is 0 Å². The monoisotopic (exact) mass is 849 g/mol. The highest BCUT2D eigenvalue weighted by molar-refractivity contribution is 6.33. The van der Waals surface area contributed by atoms with Crippen molar-refractivity contribution in [3.8, 4) is 44.5 Å². The van der Waals surface area contributed by atoms with Gasteiger partial charge in [0.1, 0.15) is 0 Å². The molecule has 13 aromatic rings. The zero-order chi connectivity index (χ0) is 44.3. The Morgan fingerprint density at radius 2 is 0.716 bits per heavy atom. The molecule has 0 amide bonds. The van der Waals surface area contributed by atoms with E-state index < -0.39 is 0 Å². The van der Waals surface area contributed by atoms with Gasteiger partial charge in [0.2, 0.25) is 0 Å². The van der Waals surface area contributed by atoms with Crippen LogP contribution >= 0.6 is 0 Å². The van der Waals surface area contributed by atoms with Gasteiger partial charge in [-0.15, -0.1) is 0 Å². The Bertz CT molecular complexity index is 4000. The predicted octanol–water partition coefficient (Wildman–Crippen LogP) is 18.7. The Morgan fingerprint density at radius 3 is 1.42 bits per heavy atom. The van der Waals surface area contributed by atoms with E-state index in [1.807, 2.05) is 0 Å². The van der Waals surface area contributed by atoms with E-state index in [2.05, 4.69) is 266 Å². The van der Waals surface area contributed by atoms with Crippen LogP contribution in [0.25, 0.3) is 109 Å². The van der Waals surface area contributed by atoms with E-state index in [1.54, 1.807) is 0 Å². The van der Waals surface area contributed by atoms with Crippen molar-refractivity contribution >= 4 is 81.7 Å². The molecule has 0 spiro atoms. The summed E-state index contributed by atoms with van der Waals surface area (Å²) in [6, 6.07) is 96.0. The first-order chi connectivity index (χ1) is 33.3. The Balaban J connectivity index is 1.13. The quantitative estimate of drug-likeness (QED) is 0.144. The predicted molar refractivity (Wildman–Crippen MR) is 288 cm³/mol. The lowest BCUT2D eigenvalue weighted by atomic mass is 9.81. The molecule has 0 saturated carbocycles. The fourth-order valence-electron chi connectivity index (χ4n) is 10.8. The minimum atomic E-state index is 1.09. The number of benzene rings is 13. The van der Waals surface area contributed by atoms with Crippen molar-refractivity contribution in [1.29, 1.82) is 0 Å². The molecule has 0 heterocycles. The average molecular weight is 850 g/mol. The van der Waals surface area contributed by atoms with E-state index in [1.165, 1.54) is 109 Å². The molecule has 0 aliphatic rings. The summed E-state index contributed by atoms with van der Waals surface area (Å²) in [7, 11) is 0. The summed E-state index contributed by atoms with van der Waals surface area (Å²) < 4.78 is 0. The van der Waals surface area contributed by atoms with Gasteiger partial charge in [0.05, 0.1) is 5.69 Å². The molecular formula is C66H43N. The van der Waals surface area contributed by atoms with Gasteiger partial charge in [-0.2, -0.15) is 0 Å². The molecule has 0 unspecified atom stereocenters. The third kappa shape index (κ3) is 6.47. The molecule has 0 aliphatic carbocycles. The van der Waals surface area contributed by atoms with Crippen LogP contribution in [-0.4, -0.2) is 0 Å². The largest absolute Gasteiger partial charge is 0.310 e. The summed E-state index contributed by atoms with van der Waals surface area (Å²) in [6.07, 6.45) is 0. The SMILES string of the molecule is c1ccc(-c2cc(-c3ccccc3)c3c4ccccc4c4cc(N(c5ccc(-c6cccc7ccccc67)cc5)c5cc6ccccc6c6ccccc56)ccc4c3c2-c2ccccc2)cc1. The highest BCUT2D eigenvalue weighted by Gasteiger charge is 2.24. The normalized spacial score (nSPS) is 11.6. The third-order valence-electron chi connectivity index (χ3n) is 13.8. The average Bonchev–Trinajstić information content (AvgIpc) is 3.41. The number of fused-ring (bicyclic) bond motifs is 10. The van der Waals surface area contributed by atoms with Gasteiger partial charge in [0.15, 0.2) is 0 Å². The highest BCUT2D eigenvalue weighted by atomic mass is 15.1. The topological polar surface area (TPSA) is 3.24 Å². The van der Waals surface area contributed by atoms with Crippen molar-refractivity contribution in [2.45, 2.75) is 0 Å². The second kappa shape index (κ2) is 16.0. The van der Waals surface area contributed by atoms with Crippen LogP contribution in [0.1, 0.15) is 0 Å². The summed E-state index contributed by atoms with van der Waals surface area (Å²) in [5, 5.41) is 14.8. The Morgan fingerprint density at radius 1 is 0.224 bits per heavy atom. The lowest BCUT2D eigenvalue weighted by Crippen LogP contribution is -2.11. The maximum absolute atomic E-state index is 2.48. The summed E-state index contributed by atoms with van der Waals surface area (Å²) in [5.74, 6) is 0. The van der Waals surface area contributed by atoms with Crippen LogP contribution in [0.5, 0.6) is 0 Å². The smallest absolute Gasteiger partial charge is 0.0546 e. The van der Waals surface area contributed by atoms with Gasteiger partial charge >= 0.3 is 0 Å².